The van der Waals surface area contributed by atoms with Crippen molar-refractivity contribution in [3.8, 4) is 0 Å². The number of hydrogen-bond donors (Lipinski definition) is 1. The number of carbonyl (C=O) groups excluding carboxylic acids is 2. The molecule has 0 saturated carbocycles. The quantitative estimate of drug-likeness (QED) is 0.150. The molecular formula is C35H50AlNaO7S. The van der Waals surface area contributed by atoms with Crippen LogP contribution in [0.25, 0.3) is 5.57 Å². The van der Waals surface area contributed by atoms with Crippen LogP contribution in [0.5, 0.6) is 0 Å². The maximum atomic E-state index is 12.2. The Morgan fingerprint density at radius 1 is 0.867 bits per heavy atom. The van der Waals surface area contributed by atoms with Crippen molar-refractivity contribution < 1.29 is 63.0 Å². The normalized spacial score (nSPS) is 15.7. The average Bonchev–Trinajstić information content (AvgIpc) is 3.36. The third kappa shape index (κ3) is 14.5. The van der Waals surface area contributed by atoms with Crippen LogP contribution in [0.1, 0.15) is 108 Å². The molecule has 7 nitrogen and oxygen atoms in total. The van der Waals surface area contributed by atoms with Gasteiger partial charge in [0.05, 0.1) is 19.6 Å². The van der Waals surface area contributed by atoms with E-state index in [0.717, 1.165) is 51.4 Å². The first-order valence-corrected chi connectivity index (χ1v) is 18.1. The van der Waals surface area contributed by atoms with E-state index < -0.39 is 33.7 Å². The number of allylic oxidation sites excluding steroid dienone is 1. The fraction of sp³-hybridized carbons (Fsp3) is 0.543. The molecule has 10 heteroatoms. The summed E-state index contributed by atoms with van der Waals surface area (Å²) in [7, 11) is -4.76. The van der Waals surface area contributed by atoms with Crippen LogP contribution in [0.3, 0.4) is 0 Å². The van der Waals surface area contributed by atoms with Crippen molar-refractivity contribution in [1.82, 2.24) is 0 Å². The molecule has 3 rings (SSSR count). The summed E-state index contributed by atoms with van der Waals surface area (Å²) >= 11 is 2.90. The SMILES string of the molecule is CCCCC(CC)COC(=O)CC(C(=O)OCC(CC)CCCC)S(=O)(=O)O.[Al][CH]1C=C(c2ccccc2)c2ccccc21.[H-].[Na+]. The zero-order valence-electron chi connectivity index (χ0n) is 28.7. The van der Waals surface area contributed by atoms with Crippen LogP contribution >= 0.6 is 0 Å². The van der Waals surface area contributed by atoms with Crippen LogP contribution < -0.4 is 29.6 Å². The summed E-state index contributed by atoms with van der Waals surface area (Å²) in [5, 5.41) is -1.95. The molecule has 0 spiro atoms. The third-order valence-corrected chi connectivity index (χ3v) is 9.67. The molecule has 1 N–H and O–H groups in total. The summed E-state index contributed by atoms with van der Waals surface area (Å²) in [6.07, 6.45) is 9.06. The molecule has 0 aliphatic heterocycles. The van der Waals surface area contributed by atoms with Crippen LogP contribution in [0.4, 0.5) is 0 Å². The fourth-order valence-electron chi connectivity index (χ4n) is 5.08. The van der Waals surface area contributed by atoms with Gasteiger partial charge in [0.1, 0.15) is 16.3 Å². The van der Waals surface area contributed by atoms with E-state index in [2.05, 4.69) is 90.8 Å². The molecule has 0 bridgehead atoms. The second-order valence-electron chi connectivity index (χ2n) is 11.4. The first-order chi connectivity index (χ1) is 21.0. The second kappa shape index (κ2) is 22.2. The summed E-state index contributed by atoms with van der Waals surface area (Å²) < 4.78 is 43.2. The fourth-order valence-corrected chi connectivity index (χ4v) is 6.22. The van der Waals surface area contributed by atoms with E-state index in [0.29, 0.717) is 4.78 Å². The number of ether oxygens (including phenoxy) is 2. The first kappa shape index (κ1) is 41.6. The molecule has 1 aliphatic rings. The van der Waals surface area contributed by atoms with Gasteiger partial charge in [0.25, 0.3) is 10.1 Å². The van der Waals surface area contributed by atoms with Gasteiger partial charge in [0.2, 0.25) is 0 Å². The minimum Gasteiger partial charge on any atom is -1.00 e. The van der Waals surface area contributed by atoms with E-state index in [1.54, 1.807) is 0 Å². The number of esters is 2. The minimum absolute atomic E-state index is 0. The Bertz CT molecular complexity index is 1310. The predicted molar refractivity (Wildman–Crippen MR) is 178 cm³/mol. The van der Waals surface area contributed by atoms with Crippen molar-refractivity contribution in [3.63, 3.8) is 0 Å². The van der Waals surface area contributed by atoms with Crippen LogP contribution in [0.15, 0.2) is 60.7 Å². The Hall–Kier alpha value is -1.44. The molecule has 45 heavy (non-hydrogen) atoms. The number of carbonyl (C=O) groups is 2. The summed E-state index contributed by atoms with van der Waals surface area (Å²) in [5.74, 6) is -1.61. The molecule has 0 amide bonds. The van der Waals surface area contributed by atoms with Crippen molar-refractivity contribution in [2.24, 2.45) is 11.8 Å². The van der Waals surface area contributed by atoms with Crippen LogP contribution in [0.2, 0.25) is 0 Å². The van der Waals surface area contributed by atoms with Gasteiger partial charge in [-0.2, -0.15) is 8.42 Å². The molecule has 1 aliphatic carbocycles. The summed E-state index contributed by atoms with van der Waals surface area (Å²) in [6.45, 7) is 8.35. The minimum atomic E-state index is -4.76. The van der Waals surface area contributed by atoms with Gasteiger partial charge >= 0.3 is 41.5 Å². The van der Waals surface area contributed by atoms with Crippen molar-refractivity contribution in [1.29, 1.82) is 0 Å². The van der Waals surface area contributed by atoms with E-state index in [1.165, 1.54) is 22.3 Å². The van der Waals surface area contributed by atoms with Gasteiger partial charge in [0.15, 0.2) is 5.25 Å². The number of fused-ring (bicyclic) bond motifs is 1. The van der Waals surface area contributed by atoms with Gasteiger partial charge in [-0.1, -0.05) is 132 Å². The van der Waals surface area contributed by atoms with Gasteiger partial charge in [-0.15, -0.1) is 0 Å². The van der Waals surface area contributed by atoms with Crippen LogP contribution in [-0.2, 0) is 29.2 Å². The smallest absolute Gasteiger partial charge is 1.00 e. The van der Waals surface area contributed by atoms with E-state index in [9.17, 15) is 22.6 Å². The van der Waals surface area contributed by atoms with Gasteiger partial charge in [0, 0.05) is 0 Å². The summed E-state index contributed by atoms with van der Waals surface area (Å²) in [4.78, 5) is 24.2. The molecule has 0 aromatic heterocycles. The standard InChI is InChI=1S/C20H38O7S.C15H11.Al.Na.H/c1-5-9-11-16(7-3)14-26-19(21)13-18(28(23,24)25)20(22)27-15-17(8-4)12-10-6-2;1-2-6-12(7-3-1)15-11-10-13-8-4-5-9-14(13)15;;;/h16-18H,5-15H2,1-4H3,(H,23,24,25);1-11H;;;/q;;;+1;-1. The monoisotopic (exact) mass is 664 g/mol. The molecule has 0 heterocycles. The Labute approximate surface area is 302 Å². The summed E-state index contributed by atoms with van der Waals surface area (Å²) in [6, 6.07) is 19.2. The van der Waals surface area contributed by atoms with Crippen molar-refractivity contribution >= 4 is 43.9 Å². The third-order valence-electron chi connectivity index (χ3n) is 8.04. The Morgan fingerprint density at radius 2 is 1.40 bits per heavy atom. The van der Waals surface area contributed by atoms with Crippen LogP contribution in [0, 0.1) is 11.8 Å². The first-order valence-electron chi connectivity index (χ1n) is 16.0. The maximum Gasteiger partial charge on any atom is 1.00 e. The molecule has 242 valence electrons. The van der Waals surface area contributed by atoms with Crippen molar-refractivity contribution in [3.05, 3.63) is 77.4 Å². The zero-order chi connectivity index (χ0) is 32.5. The van der Waals surface area contributed by atoms with Gasteiger partial charge in [-0.05, 0) is 46.9 Å². The Kier molecular flexibility index (Phi) is 20.5. The molecule has 2 radical (unpaired) electrons. The molecule has 0 fully saturated rings. The van der Waals surface area contributed by atoms with Crippen LogP contribution in [-0.4, -0.2) is 59.7 Å². The number of rotatable bonds is 17. The van der Waals surface area contributed by atoms with E-state index in [1.807, 2.05) is 13.8 Å². The topological polar surface area (TPSA) is 107 Å². The second-order valence-corrected chi connectivity index (χ2v) is 13.7. The molecule has 2 aromatic carbocycles. The largest absolute Gasteiger partial charge is 1.00 e. The Morgan fingerprint density at radius 3 is 1.93 bits per heavy atom. The van der Waals surface area contributed by atoms with E-state index in [4.69, 9.17) is 9.47 Å². The van der Waals surface area contributed by atoms with Gasteiger partial charge in [-0.25, -0.2) is 0 Å². The Balaban J connectivity index is 0.000000945. The number of benzene rings is 2. The molecule has 0 saturated heterocycles. The van der Waals surface area contributed by atoms with Crippen molar-refractivity contribution in [2.45, 2.75) is 95.5 Å². The summed E-state index contributed by atoms with van der Waals surface area (Å²) in [5.41, 5.74) is 5.44. The van der Waals surface area contributed by atoms with Gasteiger partial charge in [-0.3, -0.25) is 14.1 Å². The average molecular weight is 665 g/mol. The molecular weight excluding hydrogens is 614 g/mol. The van der Waals surface area contributed by atoms with Gasteiger partial charge < -0.3 is 10.9 Å². The van der Waals surface area contributed by atoms with E-state index in [-0.39, 0.29) is 56.0 Å². The maximum absolute atomic E-state index is 12.2. The molecule has 4 unspecified atom stereocenters. The zero-order valence-corrected chi connectivity index (χ0v) is 31.7. The molecule has 2 aromatic rings. The number of hydrogen-bond acceptors (Lipinski definition) is 6. The molecule has 4 atom stereocenters. The van der Waals surface area contributed by atoms with Crippen molar-refractivity contribution in [2.75, 3.05) is 13.2 Å². The van der Waals surface area contributed by atoms with E-state index >= 15 is 0 Å². The predicted octanol–water partition coefficient (Wildman–Crippen LogP) is 4.61. The number of unbranched alkanes of at least 4 members (excludes halogenated alkanes) is 2.